The lowest BCUT2D eigenvalue weighted by Gasteiger charge is -2.16. The van der Waals surface area contributed by atoms with Gasteiger partial charge in [-0.25, -0.2) is 4.98 Å². The number of rotatable bonds is 4. The average Bonchev–Trinajstić information content (AvgIpc) is 2.15. The number of aromatic nitrogens is 1. The van der Waals surface area contributed by atoms with E-state index in [0.29, 0.717) is 17.4 Å². The summed E-state index contributed by atoms with van der Waals surface area (Å²) in [5.74, 6) is 0.663. The van der Waals surface area contributed by atoms with Crippen molar-refractivity contribution in [1.82, 2.24) is 4.98 Å². The van der Waals surface area contributed by atoms with Crippen LogP contribution in [-0.4, -0.2) is 28.8 Å². The molecule has 15 heavy (non-hydrogen) atoms. The zero-order valence-electron chi connectivity index (χ0n) is 8.24. The van der Waals surface area contributed by atoms with Gasteiger partial charge in [0.15, 0.2) is 0 Å². The van der Waals surface area contributed by atoms with Crippen molar-refractivity contribution in [2.75, 3.05) is 11.9 Å². The van der Waals surface area contributed by atoms with E-state index in [2.05, 4.69) is 26.2 Å². The summed E-state index contributed by atoms with van der Waals surface area (Å²) in [6.45, 7) is 2.10. The van der Waals surface area contributed by atoms with Crippen molar-refractivity contribution in [2.24, 2.45) is 5.73 Å². The van der Waals surface area contributed by atoms with E-state index < -0.39 is 6.10 Å². The first-order valence-corrected chi connectivity index (χ1v) is 5.66. The van der Waals surface area contributed by atoms with Gasteiger partial charge in [-0.05, 0) is 28.9 Å². The molecule has 0 aliphatic heterocycles. The minimum Gasteiger partial charge on any atom is -0.392 e. The number of halogens is 2. The largest absolute Gasteiger partial charge is 0.392 e. The second-order valence-corrected chi connectivity index (χ2v) is 4.56. The number of pyridine rings is 1. The minimum absolute atomic E-state index is 0.325. The Labute approximate surface area is 102 Å². The van der Waals surface area contributed by atoms with Crippen molar-refractivity contribution in [3.05, 3.63) is 21.8 Å². The average molecular weight is 295 g/mol. The molecule has 0 aliphatic carbocycles. The van der Waals surface area contributed by atoms with Crippen molar-refractivity contribution in [2.45, 2.75) is 19.1 Å². The lowest BCUT2D eigenvalue weighted by Crippen LogP contribution is -2.38. The summed E-state index contributed by atoms with van der Waals surface area (Å²) in [5, 5.41) is 12.8. The molecule has 1 rings (SSSR count). The predicted molar refractivity (Wildman–Crippen MR) is 65.1 cm³/mol. The van der Waals surface area contributed by atoms with Crippen molar-refractivity contribution in [3.63, 3.8) is 0 Å². The highest BCUT2D eigenvalue weighted by atomic mass is 79.9. The van der Waals surface area contributed by atoms with E-state index in [1.807, 2.05) is 0 Å². The van der Waals surface area contributed by atoms with Crippen LogP contribution in [0.4, 0.5) is 5.82 Å². The molecule has 4 N–H and O–H groups in total. The van der Waals surface area contributed by atoms with E-state index in [9.17, 15) is 5.11 Å². The molecule has 1 aromatic heterocycles. The Kier molecular flexibility index (Phi) is 4.79. The first-order chi connectivity index (χ1) is 7.00. The fourth-order valence-electron chi connectivity index (χ4n) is 0.930. The standard InChI is InChI=1S/C9H13BrClN3O/c1-5(15)8(12)4-14-9-7(10)2-6(11)3-13-9/h2-3,5,8,15H,4,12H2,1H3,(H,13,14). The van der Waals surface area contributed by atoms with E-state index in [-0.39, 0.29) is 6.04 Å². The number of aliphatic hydroxyl groups is 1. The Balaban J connectivity index is 2.58. The van der Waals surface area contributed by atoms with Crippen LogP contribution in [0.1, 0.15) is 6.92 Å². The molecule has 84 valence electrons. The molecule has 0 fully saturated rings. The van der Waals surface area contributed by atoms with Crippen molar-refractivity contribution in [3.8, 4) is 0 Å². The molecule has 0 bridgehead atoms. The number of hydrogen-bond donors (Lipinski definition) is 3. The minimum atomic E-state index is -0.552. The van der Waals surface area contributed by atoms with Crippen LogP contribution >= 0.6 is 27.5 Å². The van der Waals surface area contributed by atoms with E-state index in [1.165, 1.54) is 0 Å². The first kappa shape index (κ1) is 12.7. The van der Waals surface area contributed by atoms with E-state index in [0.717, 1.165) is 4.47 Å². The molecule has 6 heteroatoms. The van der Waals surface area contributed by atoms with Gasteiger partial charge in [-0.15, -0.1) is 0 Å². The molecule has 0 aliphatic rings. The second-order valence-electron chi connectivity index (χ2n) is 3.27. The zero-order chi connectivity index (χ0) is 11.4. The SMILES string of the molecule is CC(O)C(N)CNc1ncc(Cl)cc1Br. The number of aliphatic hydroxyl groups excluding tert-OH is 1. The second kappa shape index (κ2) is 5.65. The summed E-state index contributed by atoms with van der Waals surface area (Å²) in [4.78, 5) is 4.08. The molecule has 0 aromatic carbocycles. The monoisotopic (exact) mass is 293 g/mol. The molecule has 4 nitrogen and oxygen atoms in total. The van der Waals surface area contributed by atoms with Gasteiger partial charge in [0.2, 0.25) is 0 Å². The molecule has 0 saturated carbocycles. The maximum absolute atomic E-state index is 9.19. The molecular formula is C9H13BrClN3O. The summed E-state index contributed by atoms with van der Waals surface area (Å²) in [5.41, 5.74) is 5.66. The maximum Gasteiger partial charge on any atom is 0.140 e. The zero-order valence-corrected chi connectivity index (χ0v) is 10.6. The first-order valence-electron chi connectivity index (χ1n) is 4.49. The van der Waals surface area contributed by atoms with E-state index in [1.54, 1.807) is 19.2 Å². The predicted octanol–water partition coefficient (Wildman–Crippen LogP) is 1.62. The molecule has 2 unspecified atom stereocenters. The lowest BCUT2D eigenvalue weighted by atomic mass is 10.2. The van der Waals surface area contributed by atoms with Gasteiger partial charge in [0.05, 0.1) is 15.6 Å². The van der Waals surface area contributed by atoms with Gasteiger partial charge in [0.1, 0.15) is 5.82 Å². The van der Waals surface area contributed by atoms with Gasteiger partial charge in [0, 0.05) is 18.8 Å². The summed E-state index contributed by atoms with van der Waals surface area (Å²) in [6.07, 6.45) is 0.992. The van der Waals surface area contributed by atoms with Crippen molar-refractivity contribution < 1.29 is 5.11 Å². The van der Waals surface area contributed by atoms with Gasteiger partial charge in [-0.1, -0.05) is 11.6 Å². The number of nitrogens with one attached hydrogen (secondary N) is 1. The molecular weight excluding hydrogens is 281 g/mol. The summed E-state index contributed by atoms with van der Waals surface area (Å²) in [6, 6.07) is 1.42. The Hall–Kier alpha value is -0.360. The Bertz CT molecular complexity index is 335. The summed E-state index contributed by atoms with van der Waals surface area (Å²) >= 11 is 9.07. The van der Waals surface area contributed by atoms with Gasteiger partial charge >= 0.3 is 0 Å². The highest BCUT2D eigenvalue weighted by Gasteiger charge is 2.10. The number of hydrogen-bond acceptors (Lipinski definition) is 4. The topological polar surface area (TPSA) is 71.2 Å². The Morgan fingerprint density at radius 3 is 2.93 bits per heavy atom. The van der Waals surface area contributed by atoms with Crippen LogP contribution in [0.15, 0.2) is 16.7 Å². The quantitative estimate of drug-likeness (QED) is 0.789. The maximum atomic E-state index is 9.19. The molecule has 2 atom stereocenters. The third-order valence-electron chi connectivity index (χ3n) is 1.93. The van der Waals surface area contributed by atoms with Crippen LogP contribution in [0, 0.1) is 0 Å². The van der Waals surface area contributed by atoms with Crippen LogP contribution in [0.3, 0.4) is 0 Å². The highest BCUT2D eigenvalue weighted by molar-refractivity contribution is 9.10. The molecule has 0 radical (unpaired) electrons. The fourth-order valence-corrected chi connectivity index (χ4v) is 1.71. The summed E-state index contributed by atoms with van der Waals surface area (Å²) in [7, 11) is 0. The van der Waals surface area contributed by atoms with Gasteiger partial charge in [-0.3, -0.25) is 0 Å². The van der Waals surface area contributed by atoms with E-state index >= 15 is 0 Å². The van der Waals surface area contributed by atoms with Crippen molar-refractivity contribution in [1.29, 1.82) is 0 Å². The molecule has 0 spiro atoms. The lowest BCUT2D eigenvalue weighted by molar-refractivity contribution is 0.168. The normalized spacial score (nSPS) is 14.7. The molecule has 0 amide bonds. The van der Waals surface area contributed by atoms with Crippen molar-refractivity contribution >= 4 is 33.3 Å². The smallest absolute Gasteiger partial charge is 0.140 e. The van der Waals surface area contributed by atoms with Crippen LogP contribution in [0.2, 0.25) is 5.02 Å². The summed E-state index contributed by atoms with van der Waals surface area (Å²) < 4.78 is 0.771. The van der Waals surface area contributed by atoms with E-state index in [4.69, 9.17) is 17.3 Å². The molecule has 0 saturated heterocycles. The van der Waals surface area contributed by atoms with Gasteiger partial charge in [-0.2, -0.15) is 0 Å². The van der Waals surface area contributed by atoms with Crippen LogP contribution in [-0.2, 0) is 0 Å². The van der Waals surface area contributed by atoms with Crippen LogP contribution < -0.4 is 11.1 Å². The number of nitrogens with two attached hydrogens (primary N) is 1. The number of nitrogens with zero attached hydrogens (tertiary/aromatic N) is 1. The molecule has 1 heterocycles. The fraction of sp³-hybridized carbons (Fsp3) is 0.444. The van der Waals surface area contributed by atoms with Gasteiger partial charge < -0.3 is 16.2 Å². The van der Waals surface area contributed by atoms with Crippen LogP contribution in [0.5, 0.6) is 0 Å². The Morgan fingerprint density at radius 2 is 2.40 bits per heavy atom. The highest BCUT2D eigenvalue weighted by Crippen LogP contribution is 2.22. The third-order valence-corrected chi connectivity index (χ3v) is 2.74. The molecule has 1 aromatic rings. The third kappa shape index (κ3) is 3.95. The Morgan fingerprint density at radius 1 is 1.73 bits per heavy atom. The number of anilines is 1. The van der Waals surface area contributed by atoms with Crippen LogP contribution in [0.25, 0.3) is 0 Å². The van der Waals surface area contributed by atoms with Gasteiger partial charge in [0.25, 0.3) is 0 Å².